The number of aromatic nitrogens is 1. The van der Waals surface area contributed by atoms with E-state index in [1.165, 1.54) is 11.3 Å². The minimum absolute atomic E-state index is 0.297. The molecule has 2 aromatic heterocycles. The predicted molar refractivity (Wildman–Crippen MR) is 108 cm³/mol. The van der Waals surface area contributed by atoms with Gasteiger partial charge in [-0.3, -0.25) is 4.79 Å². The third kappa shape index (κ3) is 4.26. The molecule has 1 amide bonds. The van der Waals surface area contributed by atoms with Crippen LogP contribution >= 0.6 is 11.3 Å². The number of para-hydroxylation sites is 1. The Morgan fingerprint density at radius 1 is 1.11 bits per heavy atom. The molecule has 1 aromatic carbocycles. The highest BCUT2D eigenvalue weighted by Crippen LogP contribution is 2.31. The number of carbonyl (C=O) groups is 2. The second kappa shape index (κ2) is 8.75. The van der Waals surface area contributed by atoms with Crippen molar-refractivity contribution in [2.75, 3.05) is 13.7 Å². The molecule has 1 N–H and O–H groups in total. The van der Waals surface area contributed by atoms with Crippen LogP contribution in [0.5, 0.6) is 5.75 Å². The number of ether oxygens (including phenoxy) is 2. The lowest BCUT2D eigenvalue weighted by atomic mass is 10.1. The monoisotopic (exact) mass is 398 g/mol. The van der Waals surface area contributed by atoms with E-state index in [2.05, 4.69) is 5.32 Å². The standard InChI is InChI=1S/C21H22N2O4S/c1-14-15(2)28-20(23-10-6-7-11-23)19(14)21(25)27-13-18(24)22-12-16-8-4-5-9-17(16)26-3/h4-11H,12-13H2,1-3H3,(H,22,24). The topological polar surface area (TPSA) is 69.6 Å². The van der Waals surface area contributed by atoms with Crippen molar-refractivity contribution < 1.29 is 19.1 Å². The Bertz CT molecular complexity index is 976. The highest BCUT2D eigenvalue weighted by molar-refractivity contribution is 7.15. The Morgan fingerprint density at radius 3 is 2.54 bits per heavy atom. The summed E-state index contributed by atoms with van der Waals surface area (Å²) in [5.74, 6) is -0.176. The van der Waals surface area contributed by atoms with E-state index in [0.29, 0.717) is 17.9 Å². The predicted octanol–water partition coefficient (Wildman–Crippen LogP) is 3.64. The van der Waals surface area contributed by atoms with E-state index in [-0.39, 0.29) is 12.5 Å². The number of methoxy groups -OCH3 is 1. The van der Waals surface area contributed by atoms with E-state index in [9.17, 15) is 9.59 Å². The van der Waals surface area contributed by atoms with Gasteiger partial charge in [-0.1, -0.05) is 18.2 Å². The number of benzene rings is 1. The Kier molecular flexibility index (Phi) is 6.16. The van der Waals surface area contributed by atoms with Gasteiger partial charge in [0.05, 0.1) is 12.7 Å². The van der Waals surface area contributed by atoms with Gasteiger partial charge in [0.15, 0.2) is 6.61 Å². The number of carbonyl (C=O) groups excluding carboxylic acids is 2. The number of nitrogens with zero attached hydrogens (tertiary/aromatic N) is 1. The van der Waals surface area contributed by atoms with Gasteiger partial charge in [0.1, 0.15) is 10.8 Å². The fourth-order valence-electron chi connectivity index (χ4n) is 2.80. The number of hydrogen-bond donors (Lipinski definition) is 1. The van der Waals surface area contributed by atoms with Crippen molar-refractivity contribution >= 4 is 23.2 Å². The van der Waals surface area contributed by atoms with Crippen LogP contribution in [0.2, 0.25) is 0 Å². The SMILES string of the molecule is COc1ccccc1CNC(=O)COC(=O)c1c(-n2cccc2)sc(C)c1C. The first-order valence-electron chi connectivity index (χ1n) is 8.80. The zero-order valence-corrected chi connectivity index (χ0v) is 16.8. The molecule has 0 aliphatic rings. The molecular formula is C21H22N2O4S. The summed E-state index contributed by atoms with van der Waals surface area (Å²) in [5.41, 5.74) is 2.22. The molecule has 3 aromatic rings. The van der Waals surface area contributed by atoms with Crippen LogP contribution in [0.4, 0.5) is 0 Å². The van der Waals surface area contributed by atoms with Gasteiger partial charge in [0.25, 0.3) is 5.91 Å². The second-order valence-corrected chi connectivity index (χ2v) is 7.42. The average molecular weight is 398 g/mol. The first-order valence-corrected chi connectivity index (χ1v) is 9.62. The lowest BCUT2D eigenvalue weighted by Crippen LogP contribution is -2.28. The zero-order chi connectivity index (χ0) is 20.1. The smallest absolute Gasteiger partial charge is 0.341 e. The summed E-state index contributed by atoms with van der Waals surface area (Å²) in [6.45, 7) is 3.81. The molecule has 0 atom stereocenters. The number of aryl methyl sites for hydroxylation is 1. The van der Waals surface area contributed by atoms with Gasteiger partial charge in [-0.25, -0.2) is 4.79 Å². The summed E-state index contributed by atoms with van der Waals surface area (Å²) in [6.07, 6.45) is 3.75. The molecule has 0 fully saturated rings. The van der Waals surface area contributed by atoms with Gasteiger partial charge < -0.3 is 19.4 Å². The molecule has 2 heterocycles. The van der Waals surface area contributed by atoms with Crippen LogP contribution in [-0.2, 0) is 16.1 Å². The summed E-state index contributed by atoms with van der Waals surface area (Å²) in [4.78, 5) is 25.8. The molecule has 0 spiro atoms. The Balaban J connectivity index is 1.62. The summed E-state index contributed by atoms with van der Waals surface area (Å²) >= 11 is 1.52. The zero-order valence-electron chi connectivity index (χ0n) is 16.0. The van der Waals surface area contributed by atoms with Crippen molar-refractivity contribution in [3.8, 4) is 10.8 Å². The second-order valence-electron chi connectivity index (χ2n) is 6.22. The molecule has 6 nitrogen and oxygen atoms in total. The molecule has 0 saturated heterocycles. The number of rotatable bonds is 7. The Morgan fingerprint density at radius 2 is 1.82 bits per heavy atom. The van der Waals surface area contributed by atoms with Gasteiger partial charge in [0.2, 0.25) is 0 Å². The molecule has 0 aliphatic carbocycles. The molecule has 7 heteroatoms. The highest BCUT2D eigenvalue weighted by atomic mass is 32.1. The fourth-order valence-corrected chi connectivity index (χ4v) is 3.91. The molecule has 28 heavy (non-hydrogen) atoms. The average Bonchev–Trinajstić information content (AvgIpc) is 3.33. The maximum atomic E-state index is 12.6. The maximum Gasteiger partial charge on any atom is 0.341 e. The van der Waals surface area contributed by atoms with Gasteiger partial charge in [0, 0.05) is 29.4 Å². The van der Waals surface area contributed by atoms with Gasteiger partial charge >= 0.3 is 5.97 Å². The quantitative estimate of drug-likeness (QED) is 0.617. The van der Waals surface area contributed by atoms with Crippen molar-refractivity contribution in [3.05, 3.63) is 70.4 Å². The lowest BCUT2D eigenvalue weighted by molar-refractivity contribution is -0.124. The minimum atomic E-state index is -0.502. The van der Waals surface area contributed by atoms with E-state index >= 15 is 0 Å². The highest BCUT2D eigenvalue weighted by Gasteiger charge is 2.22. The lowest BCUT2D eigenvalue weighted by Gasteiger charge is -2.10. The molecule has 0 unspecified atom stereocenters. The summed E-state index contributed by atoms with van der Waals surface area (Å²) < 4.78 is 12.4. The van der Waals surface area contributed by atoms with Crippen molar-refractivity contribution in [2.45, 2.75) is 20.4 Å². The summed E-state index contributed by atoms with van der Waals surface area (Å²) in [5, 5.41) is 3.53. The van der Waals surface area contributed by atoms with Crippen molar-refractivity contribution in [1.82, 2.24) is 9.88 Å². The molecule has 0 aliphatic heterocycles. The van der Waals surface area contributed by atoms with E-state index in [1.54, 1.807) is 7.11 Å². The third-order valence-electron chi connectivity index (χ3n) is 4.41. The van der Waals surface area contributed by atoms with Crippen molar-refractivity contribution in [3.63, 3.8) is 0 Å². The number of nitrogens with one attached hydrogen (secondary N) is 1. The van der Waals surface area contributed by atoms with Crippen LogP contribution in [0.15, 0.2) is 48.8 Å². The van der Waals surface area contributed by atoms with Gasteiger partial charge in [-0.15, -0.1) is 11.3 Å². The van der Waals surface area contributed by atoms with Crippen molar-refractivity contribution in [2.24, 2.45) is 0 Å². The van der Waals surface area contributed by atoms with Crippen LogP contribution in [0.1, 0.15) is 26.4 Å². The van der Waals surface area contributed by atoms with Gasteiger partial charge in [-0.2, -0.15) is 0 Å². The molecule has 0 radical (unpaired) electrons. The molecule has 146 valence electrons. The van der Waals surface area contributed by atoms with Gasteiger partial charge in [-0.05, 0) is 37.6 Å². The van der Waals surface area contributed by atoms with Crippen LogP contribution in [0.3, 0.4) is 0 Å². The summed E-state index contributed by atoms with van der Waals surface area (Å²) in [7, 11) is 1.58. The maximum absolute atomic E-state index is 12.6. The largest absolute Gasteiger partial charge is 0.496 e. The van der Waals surface area contributed by atoms with E-state index < -0.39 is 5.97 Å². The van der Waals surface area contributed by atoms with Crippen LogP contribution in [0.25, 0.3) is 5.00 Å². The van der Waals surface area contributed by atoms with Crippen LogP contribution < -0.4 is 10.1 Å². The van der Waals surface area contributed by atoms with Crippen LogP contribution in [-0.4, -0.2) is 30.2 Å². The van der Waals surface area contributed by atoms with E-state index in [4.69, 9.17) is 9.47 Å². The Labute approximate surface area is 167 Å². The number of hydrogen-bond acceptors (Lipinski definition) is 5. The third-order valence-corrected chi connectivity index (χ3v) is 5.63. The number of esters is 1. The molecule has 3 rings (SSSR count). The normalized spacial score (nSPS) is 10.5. The number of thiophene rings is 1. The van der Waals surface area contributed by atoms with E-state index in [1.807, 2.05) is 67.2 Å². The fraction of sp³-hybridized carbons (Fsp3) is 0.238. The minimum Gasteiger partial charge on any atom is -0.496 e. The number of amides is 1. The molecule has 0 saturated carbocycles. The van der Waals surface area contributed by atoms with E-state index in [0.717, 1.165) is 21.0 Å². The van der Waals surface area contributed by atoms with Crippen molar-refractivity contribution in [1.29, 1.82) is 0 Å². The molecular weight excluding hydrogens is 376 g/mol. The first kappa shape index (κ1) is 19.7. The van der Waals surface area contributed by atoms with Crippen LogP contribution in [0, 0.1) is 13.8 Å². The summed E-state index contributed by atoms with van der Waals surface area (Å²) in [6, 6.07) is 11.2. The molecule has 0 bridgehead atoms. The Hall–Kier alpha value is -3.06. The first-order chi connectivity index (χ1) is 13.5.